The molecular formula is C7H13N2OPS. The Bertz CT molecular complexity index is 315. The average molecular weight is 204 g/mol. The molecule has 1 atom stereocenters. The van der Waals surface area contributed by atoms with Crippen LogP contribution in [0.5, 0.6) is 0 Å². The van der Waals surface area contributed by atoms with E-state index in [0.717, 1.165) is 6.42 Å². The smallest absolute Gasteiger partial charge is 0.254 e. The normalized spacial score (nSPS) is 9.08. The van der Waals surface area contributed by atoms with Crippen LogP contribution in [-0.2, 0) is 6.54 Å². The molecule has 1 rings (SSSR count). The van der Waals surface area contributed by atoms with Crippen LogP contribution in [0.25, 0.3) is 0 Å². The Kier molecular flexibility index (Phi) is 5.02. The van der Waals surface area contributed by atoms with Gasteiger partial charge in [-0.15, -0.1) is 0 Å². The maximum absolute atomic E-state index is 11.1. The highest BCUT2D eigenvalue weighted by molar-refractivity contribution is 7.71. The van der Waals surface area contributed by atoms with Gasteiger partial charge in [-0.1, -0.05) is 6.92 Å². The van der Waals surface area contributed by atoms with Crippen molar-refractivity contribution < 1.29 is 0 Å². The van der Waals surface area contributed by atoms with Crippen molar-refractivity contribution in [3.05, 3.63) is 27.4 Å². The van der Waals surface area contributed by atoms with Crippen LogP contribution >= 0.6 is 22.1 Å². The van der Waals surface area contributed by atoms with E-state index < -0.39 is 0 Å². The molecule has 0 saturated carbocycles. The Morgan fingerprint density at radius 3 is 2.83 bits per heavy atom. The molecule has 0 amide bonds. The van der Waals surface area contributed by atoms with Gasteiger partial charge in [0.2, 0.25) is 0 Å². The molecule has 0 aromatic carbocycles. The van der Waals surface area contributed by atoms with Crippen molar-refractivity contribution in [3.63, 3.8) is 0 Å². The van der Waals surface area contributed by atoms with Gasteiger partial charge in [-0.2, -0.15) is 9.90 Å². The quantitative estimate of drug-likeness (QED) is 0.583. The second-order valence-corrected chi connectivity index (χ2v) is 2.66. The molecule has 0 aliphatic heterocycles. The molecule has 0 saturated heterocycles. The molecule has 1 aromatic heterocycles. The fourth-order valence-electron chi connectivity index (χ4n) is 0.888. The maximum atomic E-state index is 11.1. The van der Waals surface area contributed by atoms with Crippen molar-refractivity contribution >= 4 is 22.1 Å². The topological polar surface area (TPSA) is 37.8 Å². The minimum absolute atomic E-state index is 0. The third kappa shape index (κ3) is 2.54. The predicted molar refractivity (Wildman–Crippen MR) is 57.3 cm³/mol. The van der Waals surface area contributed by atoms with E-state index >= 15 is 0 Å². The molecule has 0 radical (unpaired) electrons. The summed E-state index contributed by atoms with van der Waals surface area (Å²) in [6.07, 6.45) is 2.48. The summed E-state index contributed by atoms with van der Waals surface area (Å²) in [7, 11) is 0. The van der Waals surface area contributed by atoms with Gasteiger partial charge in [-0.05, 0) is 18.6 Å². The van der Waals surface area contributed by atoms with E-state index in [1.165, 1.54) is 6.07 Å². The molecule has 12 heavy (non-hydrogen) atoms. The lowest BCUT2D eigenvalue weighted by atomic mass is 10.5. The van der Waals surface area contributed by atoms with Crippen LogP contribution in [0, 0.1) is 4.77 Å². The summed E-state index contributed by atoms with van der Waals surface area (Å²) in [5.41, 5.74) is -0.0319. The molecule has 1 heterocycles. The number of H-pyrrole nitrogens is 1. The van der Waals surface area contributed by atoms with E-state index in [1.807, 2.05) is 6.92 Å². The van der Waals surface area contributed by atoms with Gasteiger partial charge >= 0.3 is 0 Å². The number of aromatic amines is 1. The zero-order valence-corrected chi connectivity index (χ0v) is 9.27. The first-order valence-corrected chi connectivity index (χ1v) is 3.95. The van der Waals surface area contributed by atoms with Crippen molar-refractivity contribution in [2.45, 2.75) is 19.9 Å². The fourth-order valence-corrected chi connectivity index (χ4v) is 1.14. The monoisotopic (exact) mass is 204 g/mol. The van der Waals surface area contributed by atoms with Gasteiger partial charge in [-0.25, -0.2) is 0 Å². The van der Waals surface area contributed by atoms with E-state index in [9.17, 15) is 4.79 Å². The molecule has 1 unspecified atom stereocenters. The molecule has 5 heteroatoms. The summed E-state index contributed by atoms with van der Waals surface area (Å²) in [6.45, 7) is 2.70. The number of nitrogens with zero attached hydrogens (tertiary/aromatic N) is 1. The minimum Gasteiger partial charge on any atom is -0.339 e. The molecule has 0 bridgehead atoms. The molecule has 3 nitrogen and oxygen atoms in total. The number of nitrogens with one attached hydrogen (secondary N) is 1. The highest BCUT2D eigenvalue weighted by Gasteiger charge is 1.93. The largest absolute Gasteiger partial charge is 0.339 e. The van der Waals surface area contributed by atoms with Crippen LogP contribution in [0.1, 0.15) is 13.3 Å². The lowest BCUT2D eigenvalue weighted by Crippen LogP contribution is -2.19. The Morgan fingerprint density at radius 2 is 2.33 bits per heavy atom. The highest BCUT2D eigenvalue weighted by atomic mass is 32.1. The standard InChI is InChI=1S/C7H10N2OS.H3P/c1-2-5-9-6(10)3-4-8-7(9)11;/h3-4H,2,5H2,1H3,(H,8,11);1H3. The first-order valence-electron chi connectivity index (χ1n) is 3.54. The van der Waals surface area contributed by atoms with Crippen molar-refractivity contribution in [2.24, 2.45) is 0 Å². The van der Waals surface area contributed by atoms with Crippen LogP contribution in [0.4, 0.5) is 0 Å². The minimum atomic E-state index is -0.0319. The zero-order valence-electron chi connectivity index (χ0n) is 7.04. The van der Waals surface area contributed by atoms with E-state index in [-0.39, 0.29) is 15.5 Å². The van der Waals surface area contributed by atoms with Gasteiger partial charge in [-0.3, -0.25) is 9.36 Å². The number of hydrogen-bond donors (Lipinski definition) is 1. The lowest BCUT2D eigenvalue weighted by Gasteiger charge is -2.00. The maximum Gasteiger partial charge on any atom is 0.254 e. The average Bonchev–Trinajstić information content (AvgIpc) is 1.97. The van der Waals surface area contributed by atoms with Gasteiger partial charge in [0.25, 0.3) is 5.56 Å². The fraction of sp³-hybridized carbons (Fsp3) is 0.429. The van der Waals surface area contributed by atoms with Crippen LogP contribution < -0.4 is 5.56 Å². The molecule has 0 aliphatic rings. The second-order valence-electron chi connectivity index (χ2n) is 2.27. The van der Waals surface area contributed by atoms with Crippen LogP contribution in [0.3, 0.4) is 0 Å². The first kappa shape index (κ1) is 11.5. The molecular weight excluding hydrogens is 191 g/mol. The lowest BCUT2D eigenvalue weighted by molar-refractivity contribution is 0.630. The number of aromatic nitrogens is 2. The molecule has 68 valence electrons. The summed E-state index contributed by atoms with van der Waals surface area (Å²) >= 11 is 4.91. The summed E-state index contributed by atoms with van der Waals surface area (Å²) < 4.78 is 2.05. The van der Waals surface area contributed by atoms with Crippen LogP contribution in [0.15, 0.2) is 17.1 Å². The van der Waals surface area contributed by atoms with E-state index in [2.05, 4.69) is 4.98 Å². The van der Waals surface area contributed by atoms with Crippen molar-refractivity contribution in [2.75, 3.05) is 0 Å². The van der Waals surface area contributed by atoms with E-state index in [4.69, 9.17) is 12.2 Å². The number of rotatable bonds is 2. The summed E-state index contributed by atoms with van der Waals surface area (Å²) in [6, 6.07) is 1.48. The van der Waals surface area contributed by atoms with Gasteiger partial charge in [0.05, 0.1) is 0 Å². The van der Waals surface area contributed by atoms with Gasteiger partial charge in [0, 0.05) is 18.8 Å². The third-order valence-electron chi connectivity index (χ3n) is 1.39. The predicted octanol–water partition coefficient (Wildman–Crippen LogP) is 1.37. The van der Waals surface area contributed by atoms with Gasteiger partial charge in [0.15, 0.2) is 4.77 Å². The van der Waals surface area contributed by atoms with Gasteiger partial charge in [0.1, 0.15) is 0 Å². The van der Waals surface area contributed by atoms with Crippen LogP contribution in [-0.4, -0.2) is 9.55 Å². The summed E-state index contributed by atoms with van der Waals surface area (Å²) in [5, 5.41) is 0. The Balaban J connectivity index is 0.00000121. The SMILES string of the molecule is CCCn1c(=O)cc[nH]c1=S.P. The summed E-state index contributed by atoms with van der Waals surface area (Å²) in [4.78, 5) is 13.9. The van der Waals surface area contributed by atoms with E-state index in [0.29, 0.717) is 11.3 Å². The third-order valence-corrected chi connectivity index (χ3v) is 1.73. The highest BCUT2D eigenvalue weighted by Crippen LogP contribution is 1.85. The molecule has 1 aromatic rings. The molecule has 0 fully saturated rings. The Labute approximate surface area is 79.4 Å². The summed E-state index contributed by atoms with van der Waals surface area (Å²) in [5.74, 6) is 0. The van der Waals surface area contributed by atoms with Gasteiger partial charge < -0.3 is 4.98 Å². The van der Waals surface area contributed by atoms with Crippen molar-refractivity contribution in [1.29, 1.82) is 0 Å². The molecule has 0 aliphatic carbocycles. The molecule has 0 spiro atoms. The zero-order chi connectivity index (χ0) is 8.27. The van der Waals surface area contributed by atoms with Crippen molar-refractivity contribution in [3.8, 4) is 0 Å². The second kappa shape index (κ2) is 5.22. The number of hydrogen-bond acceptors (Lipinski definition) is 2. The Morgan fingerprint density at radius 1 is 1.67 bits per heavy atom. The van der Waals surface area contributed by atoms with Crippen LogP contribution in [0.2, 0.25) is 0 Å². The van der Waals surface area contributed by atoms with Crippen molar-refractivity contribution in [1.82, 2.24) is 9.55 Å². The first-order chi connectivity index (χ1) is 5.25. The Hall–Kier alpha value is -0.470. The van der Waals surface area contributed by atoms with E-state index in [1.54, 1.807) is 10.8 Å². The molecule has 1 N–H and O–H groups in total.